The van der Waals surface area contributed by atoms with Crippen LogP contribution < -0.4 is 0 Å². The number of rotatable bonds is 4. The number of carbonyl (C=O) groups is 2. The molecule has 0 spiro atoms. The van der Waals surface area contributed by atoms with Crippen LogP contribution in [-0.2, 0) is 4.74 Å². The quantitative estimate of drug-likeness (QED) is 0.541. The first-order valence-corrected chi connectivity index (χ1v) is 7.49. The fourth-order valence-electron chi connectivity index (χ4n) is 1.84. The molecule has 1 aromatic carbocycles. The first-order valence-electron chi connectivity index (χ1n) is 6.30. The maximum atomic E-state index is 12.0. The van der Waals surface area contributed by atoms with Crippen LogP contribution in [0.2, 0.25) is 4.34 Å². The van der Waals surface area contributed by atoms with Crippen LogP contribution in [0.15, 0.2) is 42.7 Å². The molecule has 3 rings (SSSR count). The fraction of sp³-hybridized carbons (Fsp3) is 0.0667. The maximum absolute atomic E-state index is 12.0. The number of hydrogen-bond acceptors (Lipinski definition) is 6. The first kappa shape index (κ1) is 14.6. The fourth-order valence-corrected chi connectivity index (χ4v) is 2.81. The number of ketones is 1. The zero-order chi connectivity index (χ0) is 15.5. The molecule has 7 heteroatoms. The molecule has 2 heterocycles. The van der Waals surface area contributed by atoms with E-state index in [1.54, 1.807) is 42.7 Å². The number of aromatic nitrogens is 2. The van der Waals surface area contributed by atoms with Gasteiger partial charge < -0.3 is 4.74 Å². The van der Waals surface area contributed by atoms with Gasteiger partial charge in [0, 0.05) is 12.4 Å². The molecule has 0 aliphatic heterocycles. The van der Waals surface area contributed by atoms with E-state index in [1.807, 2.05) is 0 Å². The minimum Gasteiger partial charge on any atom is -0.454 e. The smallest absolute Gasteiger partial charge is 0.338 e. The van der Waals surface area contributed by atoms with Gasteiger partial charge in [-0.15, -0.1) is 11.3 Å². The minimum absolute atomic E-state index is 0.286. The molecule has 0 unspecified atom stereocenters. The molecule has 22 heavy (non-hydrogen) atoms. The number of nitrogens with zero attached hydrogens (tertiary/aromatic N) is 2. The zero-order valence-electron chi connectivity index (χ0n) is 11.2. The molecule has 0 aliphatic carbocycles. The number of esters is 1. The average Bonchev–Trinajstić information content (AvgIpc) is 2.98. The van der Waals surface area contributed by atoms with E-state index in [4.69, 9.17) is 16.3 Å². The summed E-state index contributed by atoms with van der Waals surface area (Å²) in [6, 6.07) is 8.08. The summed E-state index contributed by atoms with van der Waals surface area (Å²) < 4.78 is 5.55. The Morgan fingerprint density at radius 3 is 2.59 bits per heavy atom. The Balaban J connectivity index is 1.69. The monoisotopic (exact) mass is 332 g/mol. The predicted molar refractivity (Wildman–Crippen MR) is 83.5 cm³/mol. The van der Waals surface area contributed by atoms with Crippen LogP contribution in [0.5, 0.6) is 0 Å². The number of ether oxygens (including phenoxy) is 1. The number of fused-ring (bicyclic) bond motifs is 1. The van der Waals surface area contributed by atoms with E-state index in [1.165, 1.54) is 0 Å². The Kier molecular flexibility index (Phi) is 4.13. The summed E-state index contributed by atoms with van der Waals surface area (Å²) in [6.45, 7) is -0.325. The van der Waals surface area contributed by atoms with E-state index in [0.29, 0.717) is 25.8 Å². The molecule has 0 atom stereocenters. The average molecular weight is 333 g/mol. The number of carbonyl (C=O) groups excluding carboxylic acids is 2. The summed E-state index contributed by atoms with van der Waals surface area (Å²) in [5.74, 6) is -0.866. The molecule has 0 radical (unpaired) electrons. The van der Waals surface area contributed by atoms with Crippen molar-refractivity contribution in [2.45, 2.75) is 0 Å². The molecular weight excluding hydrogens is 324 g/mol. The van der Waals surface area contributed by atoms with Gasteiger partial charge in [-0.25, -0.2) is 4.79 Å². The van der Waals surface area contributed by atoms with Gasteiger partial charge in [0.15, 0.2) is 6.61 Å². The standard InChI is InChI=1S/C15H9ClN2O3S/c16-14-4-3-13(22-14)12(19)8-21-15(20)9-1-2-10-11(7-9)18-6-5-17-10/h1-7H,8H2. The van der Waals surface area contributed by atoms with Crippen molar-refractivity contribution in [2.24, 2.45) is 0 Å². The maximum Gasteiger partial charge on any atom is 0.338 e. The summed E-state index contributed by atoms with van der Waals surface area (Å²) in [5, 5.41) is 0. The zero-order valence-corrected chi connectivity index (χ0v) is 12.7. The highest BCUT2D eigenvalue weighted by Crippen LogP contribution is 2.22. The Hall–Kier alpha value is -2.31. The second-order valence-electron chi connectivity index (χ2n) is 4.36. The summed E-state index contributed by atoms with van der Waals surface area (Å²) in [4.78, 5) is 32.5. The second-order valence-corrected chi connectivity index (χ2v) is 6.08. The largest absolute Gasteiger partial charge is 0.454 e. The third-order valence-corrected chi connectivity index (χ3v) is 4.16. The van der Waals surface area contributed by atoms with Gasteiger partial charge in [-0.3, -0.25) is 14.8 Å². The van der Waals surface area contributed by atoms with Crippen molar-refractivity contribution in [3.05, 3.63) is 57.5 Å². The van der Waals surface area contributed by atoms with Gasteiger partial charge in [0.05, 0.1) is 25.8 Å². The normalized spacial score (nSPS) is 10.6. The van der Waals surface area contributed by atoms with Crippen molar-refractivity contribution in [1.29, 1.82) is 0 Å². The lowest BCUT2D eigenvalue weighted by atomic mass is 10.2. The van der Waals surface area contributed by atoms with Crippen LogP contribution in [-0.4, -0.2) is 28.3 Å². The number of hydrogen-bond donors (Lipinski definition) is 0. The number of Topliss-reactive ketones (excluding diaryl/α,β-unsaturated/α-hetero) is 1. The molecule has 0 fully saturated rings. The summed E-state index contributed by atoms with van der Waals surface area (Å²) in [5.41, 5.74) is 1.60. The highest BCUT2D eigenvalue weighted by Gasteiger charge is 2.14. The summed E-state index contributed by atoms with van der Waals surface area (Å²) in [6.07, 6.45) is 3.12. The molecule has 0 N–H and O–H groups in total. The van der Waals surface area contributed by atoms with Crippen molar-refractivity contribution < 1.29 is 14.3 Å². The number of halogens is 1. The third-order valence-electron chi connectivity index (χ3n) is 2.89. The van der Waals surface area contributed by atoms with E-state index in [2.05, 4.69) is 9.97 Å². The van der Waals surface area contributed by atoms with Crippen LogP contribution >= 0.6 is 22.9 Å². The van der Waals surface area contributed by atoms with Crippen molar-refractivity contribution >= 4 is 45.7 Å². The molecule has 0 bridgehead atoms. The second kappa shape index (κ2) is 6.21. The van der Waals surface area contributed by atoms with Crippen molar-refractivity contribution in [2.75, 3.05) is 6.61 Å². The van der Waals surface area contributed by atoms with E-state index >= 15 is 0 Å². The minimum atomic E-state index is -0.580. The molecule has 3 aromatic rings. The lowest BCUT2D eigenvalue weighted by molar-refractivity contribution is 0.0476. The van der Waals surface area contributed by atoms with Crippen LogP contribution in [0.25, 0.3) is 11.0 Å². The van der Waals surface area contributed by atoms with Crippen LogP contribution in [0.3, 0.4) is 0 Å². The van der Waals surface area contributed by atoms with E-state index in [0.717, 1.165) is 11.3 Å². The van der Waals surface area contributed by atoms with Crippen LogP contribution in [0.1, 0.15) is 20.0 Å². The third kappa shape index (κ3) is 3.13. The van der Waals surface area contributed by atoms with Crippen LogP contribution in [0, 0.1) is 0 Å². The van der Waals surface area contributed by atoms with Gasteiger partial charge in [0.2, 0.25) is 5.78 Å². The SMILES string of the molecule is O=C(OCC(=O)c1ccc(Cl)s1)c1ccc2nccnc2c1. The van der Waals surface area contributed by atoms with Crippen molar-refractivity contribution in [3.63, 3.8) is 0 Å². The Morgan fingerprint density at radius 1 is 1.09 bits per heavy atom. The van der Waals surface area contributed by atoms with Crippen molar-refractivity contribution in [1.82, 2.24) is 9.97 Å². The molecule has 0 aliphatic rings. The molecule has 0 saturated carbocycles. The van der Waals surface area contributed by atoms with E-state index in [9.17, 15) is 9.59 Å². The predicted octanol–water partition coefficient (Wildman–Crippen LogP) is 3.38. The van der Waals surface area contributed by atoms with Crippen LogP contribution in [0.4, 0.5) is 0 Å². The highest BCUT2D eigenvalue weighted by molar-refractivity contribution is 7.18. The Labute approximate surface area is 134 Å². The van der Waals surface area contributed by atoms with E-state index in [-0.39, 0.29) is 12.4 Å². The lowest BCUT2D eigenvalue weighted by Gasteiger charge is -2.04. The molecule has 0 saturated heterocycles. The molecule has 110 valence electrons. The number of thiophene rings is 1. The number of benzene rings is 1. The van der Waals surface area contributed by atoms with Gasteiger partial charge in [-0.1, -0.05) is 11.6 Å². The molecule has 2 aromatic heterocycles. The molecular formula is C15H9ClN2O3S. The molecule has 5 nitrogen and oxygen atoms in total. The topological polar surface area (TPSA) is 69.2 Å². The van der Waals surface area contributed by atoms with Crippen molar-refractivity contribution in [3.8, 4) is 0 Å². The van der Waals surface area contributed by atoms with Gasteiger partial charge in [-0.2, -0.15) is 0 Å². The summed E-state index contributed by atoms with van der Waals surface area (Å²) in [7, 11) is 0. The van der Waals surface area contributed by atoms with Gasteiger partial charge in [0.25, 0.3) is 0 Å². The van der Waals surface area contributed by atoms with E-state index < -0.39 is 5.97 Å². The Morgan fingerprint density at radius 2 is 1.86 bits per heavy atom. The first-order chi connectivity index (χ1) is 10.6. The molecule has 0 amide bonds. The lowest BCUT2D eigenvalue weighted by Crippen LogP contribution is -2.13. The summed E-state index contributed by atoms with van der Waals surface area (Å²) >= 11 is 6.92. The highest BCUT2D eigenvalue weighted by atomic mass is 35.5. The Bertz CT molecular complexity index is 863. The van der Waals surface area contributed by atoms with Gasteiger partial charge in [-0.05, 0) is 30.3 Å². The van der Waals surface area contributed by atoms with Gasteiger partial charge >= 0.3 is 5.97 Å². The van der Waals surface area contributed by atoms with Gasteiger partial charge in [0.1, 0.15) is 0 Å².